The number of amides is 1. The van der Waals surface area contributed by atoms with Crippen LogP contribution in [-0.4, -0.2) is 63.7 Å². The van der Waals surface area contributed by atoms with Crippen molar-refractivity contribution in [2.75, 3.05) is 18.4 Å². The minimum atomic E-state index is -4.84. The third kappa shape index (κ3) is 6.41. The zero-order chi connectivity index (χ0) is 22.8. The lowest BCUT2D eigenvalue weighted by Gasteiger charge is -2.40. The van der Waals surface area contributed by atoms with Crippen molar-refractivity contribution in [2.24, 2.45) is 0 Å². The molecule has 0 bridgehead atoms. The van der Waals surface area contributed by atoms with E-state index in [9.17, 15) is 31.1 Å². The number of pyridine rings is 1. The van der Waals surface area contributed by atoms with Crippen LogP contribution in [0.15, 0.2) is 30.7 Å². The van der Waals surface area contributed by atoms with Gasteiger partial charge in [0, 0.05) is 19.2 Å². The molecule has 1 aliphatic heterocycles. The zero-order valence-electron chi connectivity index (χ0n) is 15.7. The summed E-state index contributed by atoms with van der Waals surface area (Å²) in [5, 5.41) is 2.80. The van der Waals surface area contributed by atoms with Crippen LogP contribution in [0, 0.1) is 0 Å². The van der Waals surface area contributed by atoms with E-state index >= 15 is 0 Å². The highest BCUT2D eigenvalue weighted by atomic mass is 19.4. The Bertz CT molecular complexity index is 916. The molecule has 3 rings (SSSR count). The van der Waals surface area contributed by atoms with E-state index in [1.807, 2.05) is 0 Å². The minimum Gasteiger partial charge on any atom is -0.404 e. The highest BCUT2D eigenvalue weighted by Gasteiger charge is 2.41. The summed E-state index contributed by atoms with van der Waals surface area (Å²) in [5.74, 6) is -0.730. The van der Waals surface area contributed by atoms with Gasteiger partial charge in [0.15, 0.2) is 0 Å². The fourth-order valence-corrected chi connectivity index (χ4v) is 2.74. The summed E-state index contributed by atoms with van der Waals surface area (Å²) < 4.78 is 80.7. The number of hydrogen-bond acceptors (Lipinski definition) is 7. The Hall–Kier alpha value is -3.16. The number of nitrogens with one attached hydrogen (secondary N) is 1. The third-order valence-corrected chi connectivity index (χ3v) is 4.09. The molecule has 0 aromatic carbocycles. The Morgan fingerprint density at radius 1 is 1.10 bits per heavy atom. The fraction of sp³-hybridized carbons (Fsp3) is 0.412. The number of carbonyl (C=O) groups is 1. The number of halogens is 6. The normalized spacial score (nSPS) is 15.9. The van der Waals surface area contributed by atoms with Crippen molar-refractivity contribution in [1.82, 2.24) is 19.9 Å². The molecule has 0 spiro atoms. The number of anilines is 1. The maximum absolute atomic E-state index is 12.3. The smallest absolute Gasteiger partial charge is 0.404 e. The predicted molar refractivity (Wildman–Crippen MR) is 92.5 cm³/mol. The zero-order valence-corrected chi connectivity index (χ0v) is 15.7. The van der Waals surface area contributed by atoms with Crippen LogP contribution in [0.1, 0.15) is 6.92 Å². The summed E-state index contributed by atoms with van der Waals surface area (Å²) in [6, 6.07) is 2.94. The molecular weight excluding hydrogens is 436 g/mol. The number of hydrogen-bond donors (Lipinski definition) is 1. The Kier molecular flexibility index (Phi) is 6.20. The van der Waals surface area contributed by atoms with Crippen LogP contribution in [0.2, 0.25) is 0 Å². The van der Waals surface area contributed by atoms with Crippen molar-refractivity contribution in [2.45, 2.75) is 31.8 Å². The van der Waals surface area contributed by atoms with Gasteiger partial charge >= 0.3 is 12.7 Å². The fourth-order valence-electron chi connectivity index (χ4n) is 2.74. The molecule has 0 aliphatic carbocycles. The van der Waals surface area contributed by atoms with E-state index in [4.69, 9.17) is 0 Å². The summed E-state index contributed by atoms with van der Waals surface area (Å²) in [7, 11) is 0. The first-order chi connectivity index (χ1) is 14.4. The van der Waals surface area contributed by atoms with Gasteiger partial charge in [-0.2, -0.15) is 0 Å². The molecule has 1 amide bonds. The standard InChI is InChI=1S/C17H15F6N5O3/c1-9(15(29)28-6-11(7-28)31-17(21,22)23)27-14-4-13(25-8-26-14)12-3-2-10(5-24-12)30-16(18,19)20/h2-5,8-9,11H,6-7H2,1H3,(H,25,26,27)/t9-/m1/s1. The lowest BCUT2D eigenvalue weighted by molar-refractivity contribution is -0.353. The molecule has 1 N–H and O–H groups in total. The van der Waals surface area contributed by atoms with Crippen LogP contribution in [0.5, 0.6) is 5.75 Å². The van der Waals surface area contributed by atoms with E-state index in [0.717, 1.165) is 18.6 Å². The molecule has 0 saturated carbocycles. The third-order valence-electron chi connectivity index (χ3n) is 4.09. The lowest BCUT2D eigenvalue weighted by atomic mass is 10.1. The molecule has 14 heteroatoms. The number of aromatic nitrogens is 3. The summed E-state index contributed by atoms with van der Waals surface area (Å²) in [6.07, 6.45) is -8.66. The van der Waals surface area contributed by atoms with E-state index in [2.05, 4.69) is 29.7 Å². The number of ether oxygens (including phenoxy) is 2. The Labute approximate surface area is 171 Å². The van der Waals surface area contributed by atoms with E-state index < -0.39 is 36.5 Å². The summed E-state index contributed by atoms with van der Waals surface area (Å²) in [5.41, 5.74) is 0.493. The van der Waals surface area contributed by atoms with Crippen LogP contribution < -0.4 is 10.1 Å². The monoisotopic (exact) mass is 451 g/mol. The molecule has 8 nitrogen and oxygen atoms in total. The molecule has 31 heavy (non-hydrogen) atoms. The molecule has 3 heterocycles. The second-order valence-corrected chi connectivity index (χ2v) is 6.51. The number of carbonyl (C=O) groups excluding carboxylic acids is 1. The quantitative estimate of drug-likeness (QED) is 0.676. The summed E-state index contributed by atoms with van der Waals surface area (Å²) in [4.78, 5) is 25.3. The molecule has 168 valence electrons. The van der Waals surface area contributed by atoms with Gasteiger partial charge in [0.05, 0.1) is 17.6 Å². The maximum atomic E-state index is 12.3. The van der Waals surface area contributed by atoms with Gasteiger partial charge in [-0.3, -0.25) is 14.5 Å². The van der Waals surface area contributed by atoms with Crippen molar-refractivity contribution in [3.8, 4) is 17.1 Å². The molecule has 1 atom stereocenters. The van der Waals surface area contributed by atoms with Gasteiger partial charge in [-0.15, -0.1) is 26.3 Å². The van der Waals surface area contributed by atoms with Crippen LogP contribution in [0.25, 0.3) is 11.4 Å². The number of likely N-dealkylation sites (tertiary alicyclic amines) is 1. The molecule has 0 unspecified atom stereocenters. The van der Waals surface area contributed by atoms with E-state index in [0.29, 0.717) is 0 Å². The maximum Gasteiger partial charge on any atom is 0.573 e. The number of rotatable bonds is 6. The molecule has 2 aromatic rings. The van der Waals surface area contributed by atoms with Gasteiger partial charge in [-0.05, 0) is 19.1 Å². The molecule has 1 aliphatic rings. The van der Waals surface area contributed by atoms with Crippen LogP contribution in [-0.2, 0) is 9.53 Å². The molecular formula is C17H15F6N5O3. The SMILES string of the molecule is C[C@@H](Nc1cc(-c2ccc(OC(F)(F)F)cn2)ncn1)C(=O)N1CC(OC(F)(F)F)C1. The van der Waals surface area contributed by atoms with Crippen molar-refractivity contribution in [3.63, 3.8) is 0 Å². The van der Waals surface area contributed by atoms with Crippen molar-refractivity contribution < 1.29 is 40.6 Å². The average Bonchev–Trinajstić information content (AvgIpc) is 2.62. The van der Waals surface area contributed by atoms with Crippen LogP contribution in [0.3, 0.4) is 0 Å². The average molecular weight is 451 g/mol. The van der Waals surface area contributed by atoms with Gasteiger partial charge in [-0.1, -0.05) is 0 Å². The second-order valence-electron chi connectivity index (χ2n) is 6.51. The van der Waals surface area contributed by atoms with Crippen molar-refractivity contribution in [3.05, 3.63) is 30.7 Å². The number of nitrogens with zero attached hydrogens (tertiary/aromatic N) is 4. The van der Waals surface area contributed by atoms with E-state index in [1.54, 1.807) is 0 Å². The first kappa shape index (κ1) is 22.5. The van der Waals surface area contributed by atoms with Crippen molar-refractivity contribution >= 4 is 11.7 Å². The Morgan fingerprint density at radius 3 is 2.39 bits per heavy atom. The molecule has 0 radical (unpaired) electrons. The summed E-state index contributed by atoms with van der Waals surface area (Å²) >= 11 is 0. The van der Waals surface area contributed by atoms with E-state index in [-0.39, 0.29) is 30.3 Å². The lowest BCUT2D eigenvalue weighted by Crippen LogP contribution is -2.59. The molecule has 1 fully saturated rings. The van der Waals surface area contributed by atoms with E-state index in [1.165, 1.54) is 24.0 Å². The van der Waals surface area contributed by atoms with Gasteiger partial charge < -0.3 is 15.0 Å². The van der Waals surface area contributed by atoms with Crippen LogP contribution >= 0.6 is 0 Å². The molecule has 1 saturated heterocycles. The van der Waals surface area contributed by atoms with Gasteiger partial charge in [0.2, 0.25) is 5.91 Å². The minimum absolute atomic E-state index is 0.185. The second kappa shape index (κ2) is 8.53. The van der Waals surface area contributed by atoms with Gasteiger partial charge in [0.1, 0.15) is 30.0 Å². The van der Waals surface area contributed by atoms with Gasteiger partial charge in [-0.25, -0.2) is 9.97 Å². The van der Waals surface area contributed by atoms with Gasteiger partial charge in [0.25, 0.3) is 0 Å². The summed E-state index contributed by atoms with van der Waals surface area (Å²) in [6.45, 7) is 1.13. The molecule has 2 aromatic heterocycles. The predicted octanol–water partition coefficient (Wildman–Crippen LogP) is 2.98. The largest absolute Gasteiger partial charge is 0.573 e. The first-order valence-corrected chi connectivity index (χ1v) is 8.74. The number of alkyl halides is 6. The van der Waals surface area contributed by atoms with Crippen LogP contribution in [0.4, 0.5) is 32.2 Å². The highest BCUT2D eigenvalue weighted by Crippen LogP contribution is 2.26. The topological polar surface area (TPSA) is 89.5 Å². The first-order valence-electron chi connectivity index (χ1n) is 8.74. The van der Waals surface area contributed by atoms with Crippen molar-refractivity contribution in [1.29, 1.82) is 0 Å². The Morgan fingerprint density at radius 2 is 1.81 bits per heavy atom. The Balaban J connectivity index is 1.58. The highest BCUT2D eigenvalue weighted by molar-refractivity contribution is 5.85.